The Hall–Kier alpha value is -4.37. The van der Waals surface area contributed by atoms with Gasteiger partial charge >= 0.3 is 5.97 Å². The minimum Gasteiger partial charge on any atom is -0.481 e. The van der Waals surface area contributed by atoms with Gasteiger partial charge in [0.2, 0.25) is 17.7 Å². The Labute approximate surface area is 235 Å². The minimum atomic E-state index is -0.966. The molecule has 5 rings (SSSR count). The number of carboxylic acid groups (broad SMARTS) is 1. The topological polar surface area (TPSA) is 122 Å². The van der Waals surface area contributed by atoms with Gasteiger partial charge in [0.1, 0.15) is 5.52 Å². The fourth-order valence-corrected chi connectivity index (χ4v) is 5.67. The Morgan fingerprint density at radius 3 is 2.42 bits per heavy atom. The van der Waals surface area contributed by atoms with Crippen molar-refractivity contribution in [3.63, 3.8) is 0 Å². The molecule has 0 saturated heterocycles. The molecule has 1 aliphatic rings. The van der Waals surface area contributed by atoms with Crippen LogP contribution < -0.4 is 10.6 Å². The van der Waals surface area contributed by atoms with Crippen LogP contribution in [0.5, 0.6) is 0 Å². The molecule has 0 bridgehead atoms. The number of nitrogens with one attached hydrogen (secondary N) is 2. The highest BCUT2D eigenvalue weighted by atomic mass is 32.2. The number of aliphatic carboxylic acids is 1. The molecule has 1 aromatic heterocycles. The molecule has 3 N–H and O–H groups in total. The fourth-order valence-electron chi connectivity index (χ4n) is 4.66. The highest BCUT2D eigenvalue weighted by Gasteiger charge is 2.34. The van der Waals surface area contributed by atoms with E-state index in [1.165, 1.54) is 11.8 Å². The van der Waals surface area contributed by atoms with E-state index >= 15 is 0 Å². The number of carbonyl (C=O) groups excluding carboxylic acids is 2. The molecule has 0 fully saturated rings. The third-order valence-corrected chi connectivity index (χ3v) is 8.18. The predicted molar refractivity (Wildman–Crippen MR) is 156 cm³/mol. The van der Waals surface area contributed by atoms with Crippen molar-refractivity contribution < 1.29 is 23.9 Å². The maximum Gasteiger partial charge on any atom is 0.307 e. The van der Waals surface area contributed by atoms with E-state index in [0.717, 1.165) is 21.6 Å². The lowest BCUT2D eigenvalue weighted by molar-refractivity contribution is -0.146. The number of amides is 2. The van der Waals surface area contributed by atoms with Crippen LogP contribution in [0.15, 0.2) is 94.3 Å². The van der Waals surface area contributed by atoms with Crippen molar-refractivity contribution >= 4 is 52.0 Å². The number of carboxylic acids is 1. The van der Waals surface area contributed by atoms with Gasteiger partial charge in [0.05, 0.1) is 17.1 Å². The molecule has 9 heteroatoms. The molecule has 0 saturated carbocycles. The molecule has 0 spiro atoms. The smallest absolute Gasteiger partial charge is 0.307 e. The molecule has 8 nitrogen and oxygen atoms in total. The van der Waals surface area contributed by atoms with Crippen LogP contribution in [-0.4, -0.2) is 33.1 Å². The maximum atomic E-state index is 13.1. The van der Waals surface area contributed by atoms with Crippen LogP contribution in [0, 0.1) is 11.8 Å². The number of nitrogens with zero attached hydrogens (tertiary/aromatic N) is 1. The van der Waals surface area contributed by atoms with Crippen molar-refractivity contribution in [2.45, 2.75) is 36.3 Å². The van der Waals surface area contributed by atoms with Crippen molar-refractivity contribution in [1.29, 1.82) is 0 Å². The maximum absolute atomic E-state index is 13.1. The third-order valence-electron chi connectivity index (χ3n) is 6.82. The van der Waals surface area contributed by atoms with E-state index in [1.807, 2.05) is 85.8 Å². The molecule has 1 aliphatic carbocycles. The second kappa shape index (κ2) is 12.2. The Kier molecular flexibility index (Phi) is 8.31. The molecule has 204 valence electrons. The molecule has 0 radical (unpaired) electrons. The van der Waals surface area contributed by atoms with Crippen molar-refractivity contribution in [3.8, 4) is 11.5 Å². The lowest BCUT2D eigenvalue weighted by Gasteiger charge is -2.24. The fraction of sp³-hybridized carbons (Fsp3) is 0.226. The van der Waals surface area contributed by atoms with E-state index in [9.17, 15) is 19.5 Å². The van der Waals surface area contributed by atoms with Gasteiger partial charge in [-0.25, -0.2) is 4.98 Å². The zero-order valence-electron chi connectivity index (χ0n) is 21.9. The summed E-state index contributed by atoms with van der Waals surface area (Å²) in [5.74, 6) is -2.25. The Balaban J connectivity index is 1.21. The average molecular weight is 556 g/mol. The van der Waals surface area contributed by atoms with Gasteiger partial charge in [-0.3, -0.25) is 14.4 Å². The molecule has 40 heavy (non-hydrogen) atoms. The number of oxazole rings is 1. The number of carbonyl (C=O) groups is 3. The lowest BCUT2D eigenvalue weighted by atomic mass is 9.82. The van der Waals surface area contributed by atoms with Crippen LogP contribution in [0.2, 0.25) is 0 Å². The van der Waals surface area contributed by atoms with E-state index in [0.29, 0.717) is 36.5 Å². The van der Waals surface area contributed by atoms with Crippen LogP contribution in [0.4, 0.5) is 11.4 Å². The van der Waals surface area contributed by atoms with Crippen molar-refractivity contribution in [2.24, 2.45) is 11.8 Å². The molecular weight excluding hydrogens is 526 g/mol. The zero-order chi connectivity index (χ0) is 28.1. The van der Waals surface area contributed by atoms with E-state index < -0.39 is 17.8 Å². The number of fused-ring (bicyclic) bond motifs is 1. The second-order valence-electron chi connectivity index (χ2n) is 9.58. The second-order valence-corrected chi connectivity index (χ2v) is 10.9. The summed E-state index contributed by atoms with van der Waals surface area (Å²) in [7, 11) is 0. The van der Waals surface area contributed by atoms with Gasteiger partial charge in [-0.05, 0) is 73.9 Å². The van der Waals surface area contributed by atoms with Gasteiger partial charge in [0.15, 0.2) is 5.58 Å². The van der Waals surface area contributed by atoms with Gasteiger partial charge in [-0.2, -0.15) is 0 Å². The van der Waals surface area contributed by atoms with Crippen LogP contribution in [0.1, 0.15) is 26.2 Å². The van der Waals surface area contributed by atoms with Gasteiger partial charge in [0.25, 0.3) is 0 Å². The SMILES string of the molecule is CCC(Sc1cccc(NC(=O)C2CC=CCC2C(=O)O)c1)C(=O)Nc1ccc(-c2nc3ccccc3o2)cc1. The quantitative estimate of drug-likeness (QED) is 0.157. The summed E-state index contributed by atoms with van der Waals surface area (Å²) in [6.45, 7) is 1.95. The molecule has 3 atom stereocenters. The third kappa shape index (κ3) is 6.26. The lowest BCUT2D eigenvalue weighted by Crippen LogP contribution is -2.34. The molecule has 3 aromatic carbocycles. The summed E-state index contributed by atoms with van der Waals surface area (Å²) in [4.78, 5) is 42.9. The Bertz CT molecular complexity index is 1530. The number of benzene rings is 3. The summed E-state index contributed by atoms with van der Waals surface area (Å²) in [5, 5.41) is 15.0. The molecule has 4 aromatic rings. The minimum absolute atomic E-state index is 0.130. The zero-order valence-corrected chi connectivity index (χ0v) is 22.7. The standard InChI is InChI=1S/C31H29N3O5S/c1-2-27(29(36)32-20-16-14-19(15-17-20)30-34-25-12-5-6-13-26(25)39-30)40-22-9-7-8-21(18-22)33-28(35)23-10-3-4-11-24(23)31(37)38/h3-9,12-18,23-24,27H,2,10-11H2,1H3,(H,32,36)(H,33,35)(H,37,38). The molecular formula is C31H29N3O5S. The number of hydrogen-bond acceptors (Lipinski definition) is 6. The molecule has 1 heterocycles. The summed E-state index contributed by atoms with van der Waals surface area (Å²) in [6.07, 6.45) is 5.00. The van der Waals surface area contributed by atoms with E-state index in [1.54, 1.807) is 6.07 Å². The van der Waals surface area contributed by atoms with Gasteiger partial charge in [-0.1, -0.05) is 37.3 Å². The van der Waals surface area contributed by atoms with Crippen LogP contribution in [-0.2, 0) is 14.4 Å². The van der Waals surface area contributed by atoms with Gasteiger partial charge < -0.3 is 20.2 Å². The average Bonchev–Trinajstić information content (AvgIpc) is 3.41. The first-order valence-electron chi connectivity index (χ1n) is 13.1. The van der Waals surface area contributed by atoms with Crippen molar-refractivity contribution in [3.05, 3.63) is 84.9 Å². The number of allylic oxidation sites excluding steroid dienone is 2. The summed E-state index contributed by atoms with van der Waals surface area (Å²) in [6, 6.07) is 22.2. The number of rotatable bonds is 9. The van der Waals surface area contributed by atoms with Crippen LogP contribution >= 0.6 is 11.8 Å². The van der Waals surface area contributed by atoms with Gasteiger partial charge in [-0.15, -0.1) is 11.8 Å². The largest absolute Gasteiger partial charge is 0.481 e. The first-order chi connectivity index (χ1) is 19.4. The highest BCUT2D eigenvalue weighted by molar-refractivity contribution is 8.00. The molecule has 3 unspecified atom stereocenters. The first kappa shape index (κ1) is 27.2. The number of hydrogen-bond donors (Lipinski definition) is 3. The predicted octanol–water partition coefficient (Wildman–Crippen LogP) is 6.61. The Morgan fingerprint density at radius 2 is 1.70 bits per heavy atom. The summed E-state index contributed by atoms with van der Waals surface area (Å²) >= 11 is 1.41. The van der Waals surface area contributed by atoms with E-state index in [2.05, 4.69) is 15.6 Å². The molecule has 2 amide bonds. The van der Waals surface area contributed by atoms with Crippen LogP contribution in [0.25, 0.3) is 22.6 Å². The summed E-state index contributed by atoms with van der Waals surface area (Å²) < 4.78 is 5.82. The summed E-state index contributed by atoms with van der Waals surface area (Å²) in [5.41, 5.74) is 3.56. The first-order valence-corrected chi connectivity index (χ1v) is 14.0. The monoisotopic (exact) mass is 555 g/mol. The van der Waals surface area contributed by atoms with E-state index in [-0.39, 0.29) is 17.1 Å². The van der Waals surface area contributed by atoms with Gasteiger partial charge in [0, 0.05) is 21.8 Å². The van der Waals surface area contributed by atoms with Crippen molar-refractivity contribution in [2.75, 3.05) is 10.6 Å². The van der Waals surface area contributed by atoms with Crippen LogP contribution in [0.3, 0.4) is 0 Å². The van der Waals surface area contributed by atoms with Crippen molar-refractivity contribution in [1.82, 2.24) is 4.98 Å². The Morgan fingerprint density at radius 1 is 0.950 bits per heavy atom. The number of aromatic nitrogens is 1. The number of para-hydroxylation sites is 2. The number of thioether (sulfide) groups is 1. The number of anilines is 2. The molecule has 0 aliphatic heterocycles. The highest BCUT2D eigenvalue weighted by Crippen LogP contribution is 2.31. The van der Waals surface area contributed by atoms with E-state index in [4.69, 9.17) is 4.42 Å². The normalized spacial score (nSPS) is 17.3.